The van der Waals surface area contributed by atoms with Gasteiger partial charge in [-0.05, 0) is 6.42 Å². The SMILES string of the molecule is NC(CCC(=O)OP)C(=O)O. The molecule has 11 heavy (non-hydrogen) atoms. The van der Waals surface area contributed by atoms with Crippen molar-refractivity contribution in [3.63, 3.8) is 0 Å². The number of aliphatic carboxylic acids is 1. The molecule has 0 saturated carbocycles. The van der Waals surface area contributed by atoms with Crippen molar-refractivity contribution in [3.8, 4) is 0 Å². The molecule has 0 saturated heterocycles. The third-order valence-corrected chi connectivity index (χ3v) is 1.37. The molecule has 3 N–H and O–H groups in total. The second-order valence-corrected chi connectivity index (χ2v) is 2.21. The summed E-state index contributed by atoms with van der Waals surface area (Å²) < 4.78 is 4.21. The fourth-order valence-corrected chi connectivity index (χ4v) is 0.574. The van der Waals surface area contributed by atoms with Crippen molar-refractivity contribution >= 4 is 21.4 Å². The largest absolute Gasteiger partial charge is 0.480 e. The molecule has 64 valence electrons. The second kappa shape index (κ2) is 5.04. The summed E-state index contributed by atoms with van der Waals surface area (Å²) in [5.41, 5.74) is 5.11. The van der Waals surface area contributed by atoms with Crippen molar-refractivity contribution in [2.75, 3.05) is 0 Å². The summed E-state index contributed by atoms with van der Waals surface area (Å²) in [5, 5.41) is 8.29. The molecule has 0 radical (unpaired) electrons. The minimum absolute atomic E-state index is 0.0248. The molecule has 0 spiro atoms. The van der Waals surface area contributed by atoms with Crippen molar-refractivity contribution in [1.29, 1.82) is 0 Å². The molecular formula is C5H10NO4P. The molecule has 0 aliphatic heterocycles. The smallest absolute Gasteiger partial charge is 0.320 e. The Bertz CT molecular complexity index is 161. The predicted molar refractivity (Wildman–Crippen MR) is 40.6 cm³/mol. The Kier molecular flexibility index (Phi) is 4.74. The molecule has 0 aromatic carbocycles. The zero-order valence-corrected chi connectivity index (χ0v) is 6.97. The van der Waals surface area contributed by atoms with E-state index in [0.717, 1.165) is 0 Å². The van der Waals surface area contributed by atoms with Crippen molar-refractivity contribution in [3.05, 3.63) is 0 Å². The summed E-state index contributed by atoms with van der Waals surface area (Å²) in [5.74, 6) is -1.59. The van der Waals surface area contributed by atoms with E-state index in [0.29, 0.717) is 0 Å². The molecule has 5 nitrogen and oxygen atoms in total. The molecule has 0 aliphatic rings. The highest BCUT2D eigenvalue weighted by molar-refractivity contribution is 7.10. The molecule has 0 fully saturated rings. The zero-order valence-electron chi connectivity index (χ0n) is 5.82. The van der Waals surface area contributed by atoms with Crippen LogP contribution in [0.2, 0.25) is 0 Å². The van der Waals surface area contributed by atoms with Crippen LogP contribution in [0.1, 0.15) is 12.8 Å². The molecule has 0 amide bonds. The van der Waals surface area contributed by atoms with Crippen LogP contribution in [0, 0.1) is 0 Å². The van der Waals surface area contributed by atoms with Crippen LogP contribution in [0.15, 0.2) is 0 Å². The highest BCUT2D eigenvalue weighted by Gasteiger charge is 2.13. The Hall–Kier alpha value is -0.670. The highest BCUT2D eigenvalue weighted by atomic mass is 31.0. The van der Waals surface area contributed by atoms with Crippen LogP contribution >= 0.6 is 9.47 Å². The van der Waals surface area contributed by atoms with Crippen LogP contribution in [-0.2, 0) is 14.1 Å². The molecular weight excluding hydrogens is 169 g/mol. The second-order valence-electron chi connectivity index (χ2n) is 1.97. The summed E-state index contributed by atoms with van der Waals surface area (Å²) in [4.78, 5) is 20.6. The molecule has 0 heterocycles. The van der Waals surface area contributed by atoms with Gasteiger partial charge in [0.15, 0.2) is 0 Å². The summed E-state index contributed by atoms with van der Waals surface area (Å²) in [6.45, 7) is 0. The Morgan fingerprint density at radius 3 is 2.55 bits per heavy atom. The maximum Gasteiger partial charge on any atom is 0.320 e. The highest BCUT2D eigenvalue weighted by Crippen LogP contribution is 1.99. The Morgan fingerprint density at radius 2 is 2.18 bits per heavy atom. The van der Waals surface area contributed by atoms with Crippen molar-refractivity contribution < 1.29 is 19.2 Å². The van der Waals surface area contributed by atoms with E-state index in [4.69, 9.17) is 10.8 Å². The number of carbonyl (C=O) groups is 2. The summed E-state index contributed by atoms with van der Waals surface area (Å²) >= 11 is 0. The fraction of sp³-hybridized carbons (Fsp3) is 0.600. The van der Waals surface area contributed by atoms with Gasteiger partial charge in [-0.3, -0.25) is 9.59 Å². The van der Waals surface area contributed by atoms with E-state index in [2.05, 4.69) is 4.52 Å². The summed E-state index contributed by atoms with van der Waals surface area (Å²) in [7, 11) is 1.79. The zero-order chi connectivity index (χ0) is 8.85. The lowest BCUT2D eigenvalue weighted by Gasteiger charge is -2.03. The molecule has 0 aromatic rings. The van der Waals surface area contributed by atoms with Crippen molar-refractivity contribution in [1.82, 2.24) is 0 Å². The lowest BCUT2D eigenvalue weighted by Crippen LogP contribution is -2.30. The molecule has 6 heteroatoms. The van der Waals surface area contributed by atoms with Gasteiger partial charge in [-0.1, -0.05) is 0 Å². The number of carbonyl (C=O) groups excluding carboxylic acids is 1. The van der Waals surface area contributed by atoms with Gasteiger partial charge in [0.2, 0.25) is 0 Å². The number of carboxylic acids is 1. The molecule has 2 unspecified atom stereocenters. The number of carboxylic acid groups (broad SMARTS) is 1. The van der Waals surface area contributed by atoms with Crippen LogP contribution in [-0.4, -0.2) is 23.1 Å². The molecule has 0 aromatic heterocycles. The van der Waals surface area contributed by atoms with Crippen LogP contribution in [0.3, 0.4) is 0 Å². The first-order chi connectivity index (χ1) is 5.07. The van der Waals surface area contributed by atoms with Gasteiger partial charge in [-0.2, -0.15) is 0 Å². The monoisotopic (exact) mass is 179 g/mol. The Balaban J connectivity index is 3.54. The van der Waals surface area contributed by atoms with Crippen LogP contribution in [0.4, 0.5) is 0 Å². The van der Waals surface area contributed by atoms with Gasteiger partial charge in [0.1, 0.15) is 6.04 Å². The van der Waals surface area contributed by atoms with E-state index in [1.54, 1.807) is 9.47 Å². The normalized spacial score (nSPS) is 12.2. The standard InChI is InChI=1S/C5H10NO4P/c6-3(5(8)9)1-2-4(7)10-11/h3H,1-2,6,11H2,(H,8,9). The van der Waals surface area contributed by atoms with Gasteiger partial charge < -0.3 is 15.4 Å². The van der Waals surface area contributed by atoms with Gasteiger partial charge in [-0.25, -0.2) is 0 Å². The number of rotatable bonds is 4. The first kappa shape index (κ1) is 10.3. The third-order valence-electron chi connectivity index (χ3n) is 1.11. The maximum absolute atomic E-state index is 10.4. The summed E-state index contributed by atoms with van der Waals surface area (Å²) in [6.07, 6.45) is 0.125. The lowest BCUT2D eigenvalue weighted by atomic mass is 10.2. The van der Waals surface area contributed by atoms with Gasteiger partial charge in [0, 0.05) is 6.42 Å². The average Bonchev–Trinajstić information content (AvgIpc) is 1.99. The van der Waals surface area contributed by atoms with E-state index in [-0.39, 0.29) is 12.8 Å². The first-order valence-electron chi connectivity index (χ1n) is 2.96. The number of nitrogens with two attached hydrogens (primary N) is 1. The Morgan fingerprint density at radius 1 is 1.64 bits per heavy atom. The average molecular weight is 179 g/mol. The van der Waals surface area contributed by atoms with E-state index in [1.807, 2.05) is 0 Å². The van der Waals surface area contributed by atoms with Gasteiger partial charge in [0.25, 0.3) is 0 Å². The van der Waals surface area contributed by atoms with Crippen molar-refractivity contribution in [2.45, 2.75) is 18.9 Å². The minimum atomic E-state index is -1.11. The first-order valence-corrected chi connectivity index (χ1v) is 3.43. The van der Waals surface area contributed by atoms with Gasteiger partial charge >= 0.3 is 11.9 Å². The third kappa shape index (κ3) is 4.70. The van der Waals surface area contributed by atoms with Crippen LogP contribution < -0.4 is 5.73 Å². The van der Waals surface area contributed by atoms with E-state index in [9.17, 15) is 9.59 Å². The number of hydrogen-bond donors (Lipinski definition) is 2. The van der Waals surface area contributed by atoms with E-state index in [1.165, 1.54) is 0 Å². The van der Waals surface area contributed by atoms with Crippen molar-refractivity contribution in [2.24, 2.45) is 5.73 Å². The van der Waals surface area contributed by atoms with Crippen LogP contribution in [0.5, 0.6) is 0 Å². The van der Waals surface area contributed by atoms with E-state index < -0.39 is 18.0 Å². The molecule has 2 atom stereocenters. The molecule has 0 aliphatic carbocycles. The molecule has 0 bridgehead atoms. The predicted octanol–water partition coefficient (Wildman–Crippen LogP) is -0.488. The fourth-order valence-electron chi connectivity index (χ4n) is 0.456. The quantitative estimate of drug-likeness (QED) is 0.568. The van der Waals surface area contributed by atoms with Gasteiger partial charge in [0.05, 0.1) is 9.47 Å². The Labute approximate surface area is 66.2 Å². The van der Waals surface area contributed by atoms with E-state index >= 15 is 0 Å². The number of hydrogen-bond acceptors (Lipinski definition) is 4. The van der Waals surface area contributed by atoms with Gasteiger partial charge in [-0.15, -0.1) is 0 Å². The lowest BCUT2D eigenvalue weighted by molar-refractivity contribution is -0.139. The van der Waals surface area contributed by atoms with Crippen LogP contribution in [0.25, 0.3) is 0 Å². The molecule has 0 rings (SSSR count). The summed E-state index contributed by atoms with van der Waals surface area (Å²) in [6, 6.07) is -0.987. The minimum Gasteiger partial charge on any atom is -0.480 e. The maximum atomic E-state index is 10.4. The topological polar surface area (TPSA) is 89.6 Å².